The van der Waals surface area contributed by atoms with Crippen LogP contribution in [0.25, 0.3) is 0 Å². The van der Waals surface area contributed by atoms with Crippen LogP contribution < -0.4 is 0 Å². The first-order chi connectivity index (χ1) is 7.00. The molecule has 0 aliphatic rings. The first kappa shape index (κ1) is 11.6. The van der Waals surface area contributed by atoms with Crippen LogP contribution in [-0.2, 0) is 10.0 Å². The number of nitrogens with zero attached hydrogens (tertiary/aromatic N) is 1. The zero-order chi connectivity index (χ0) is 11.5. The summed E-state index contributed by atoms with van der Waals surface area (Å²) in [6.45, 7) is -0.0311. The fraction of sp³-hybridized carbons (Fsp3) is 0.200. The highest BCUT2D eigenvalue weighted by atomic mass is 32.2. The molecule has 1 aromatic rings. The molecule has 0 unspecified atom stereocenters. The zero-order valence-corrected chi connectivity index (χ0v) is 9.03. The fourth-order valence-electron chi connectivity index (χ4n) is 1.06. The van der Waals surface area contributed by atoms with Crippen LogP contribution in [0.3, 0.4) is 0 Å². The van der Waals surface area contributed by atoms with Crippen molar-refractivity contribution in [2.45, 2.75) is 4.90 Å². The number of hydrogen-bond acceptors (Lipinski definition) is 3. The number of hydrogen-bond donors (Lipinski definition) is 1. The molecule has 0 bridgehead atoms. The third-order valence-corrected chi connectivity index (χ3v) is 3.72. The number of terminal acetylenes is 1. The van der Waals surface area contributed by atoms with Gasteiger partial charge in [0.2, 0.25) is 10.0 Å². The molecule has 0 amide bonds. The highest BCUT2D eigenvalue weighted by Crippen LogP contribution is 2.23. The molecule has 0 atom stereocenters. The lowest BCUT2D eigenvalue weighted by atomic mass is 10.3. The van der Waals surface area contributed by atoms with Gasteiger partial charge in [-0.3, -0.25) is 0 Å². The monoisotopic (exact) mass is 225 g/mol. The minimum atomic E-state index is -3.69. The molecule has 4 nitrogen and oxygen atoms in total. The molecule has 0 aromatic heterocycles. The van der Waals surface area contributed by atoms with Crippen LogP contribution in [0.15, 0.2) is 29.2 Å². The van der Waals surface area contributed by atoms with E-state index in [1.807, 2.05) is 0 Å². The third kappa shape index (κ3) is 2.29. The Labute approximate surface area is 89.2 Å². The molecule has 0 spiro atoms. The lowest BCUT2D eigenvalue weighted by Crippen LogP contribution is -2.27. The Balaban J connectivity index is 3.19. The first-order valence-electron chi connectivity index (χ1n) is 4.18. The Morgan fingerprint density at radius 1 is 1.47 bits per heavy atom. The number of benzene rings is 1. The lowest BCUT2D eigenvalue weighted by Gasteiger charge is -2.14. The minimum absolute atomic E-state index is 0.0311. The number of phenols is 1. The van der Waals surface area contributed by atoms with Crippen LogP contribution in [0.5, 0.6) is 5.75 Å². The second-order valence-corrected chi connectivity index (χ2v) is 4.95. The highest BCUT2D eigenvalue weighted by Gasteiger charge is 2.22. The van der Waals surface area contributed by atoms with E-state index in [4.69, 9.17) is 6.42 Å². The van der Waals surface area contributed by atoms with Gasteiger partial charge in [-0.1, -0.05) is 18.1 Å². The predicted molar refractivity (Wildman–Crippen MR) is 56.8 cm³/mol. The van der Waals surface area contributed by atoms with Crippen LogP contribution in [0.1, 0.15) is 0 Å². The van der Waals surface area contributed by atoms with Crippen molar-refractivity contribution in [3.63, 3.8) is 0 Å². The van der Waals surface area contributed by atoms with Gasteiger partial charge in [0.05, 0.1) is 6.54 Å². The Morgan fingerprint density at radius 3 is 2.60 bits per heavy atom. The summed E-state index contributed by atoms with van der Waals surface area (Å²) in [4.78, 5) is -0.136. The maximum Gasteiger partial charge on any atom is 0.247 e. The zero-order valence-electron chi connectivity index (χ0n) is 8.21. The molecule has 0 fully saturated rings. The van der Waals surface area contributed by atoms with Gasteiger partial charge in [0.1, 0.15) is 10.6 Å². The van der Waals surface area contributed by atoms with Crippen LogP contribution in [-0.4, -0.2) is 31.4 Å². The van der Waals surface area contributed by atoms with E-state index in [9.17, 15) is 13.5 Å². The van der Waals surface area contributed by atoms with Crippen molar-refractivity contribution in [3.05, 3.63) is 24.3 Å². The molecule has 0 heterocycles. The Hall–Kier alpha value is -1.51. The van der Waals surface area contributed by atoms with E-state index in [2.05, 4.69) is 5.92 Å². The van der Waals surface area contributed by atoms with Gasteiger partial charge in [-0.2, -0.15) is 4.31 Å². The van der Waals surface area contributed by atoms with Gasteiger partial charge in [0.15, 0.2) is 0 Å². The number of phenolic OH excluding ortho intramolecular Hbond substituents is 1. The van der Waals surface area contributed by atoms with E-state index in [1.165, 1.54) is 25.2 Å². The van der Waals surface area contributed by atoms with Crippen molar-refractivity contribution >= 4 is 10.0 Å². The average molecular weight is 225 g/mol. The summed E-state index contributed by atoms with van der Waals surface area (Å²) >= 11 is 0. The summed E-state index contributed by atoms with van der Waals surface area (Å²) in [5.41, 5.74) is 0. The molecule has 0 saturated carbocycles. The summed E-state index contributed by atoms with van der Waals surface area (Å²) in [6, 6.07) is 5.74. The van der Waals surface area contributed by atoms with Crippen molar-refractivity contribution in [2.75, 3.05) is 13.6 Å². The van der Waals surface area contributed by atoms with Gasteiger partial charge < -0.3 is 5.11 Å². The highest BCUT2D eigenvalue weighted by molar-refractivity contribution is 7.89. The van der Waals surface area contributed by atoms with Crippen molar-refractivity contribution in [2.24, 2.45) is 0 Å². The molecule has 0 saturated heterocycles. The largest absolute Gasteiger partial charge is 0.507 e. The number of aromatic hydroxyl groups is 1. The third-order valence-electron chi connectivity index (χ3n) is 1.87. The Kier molecular flexibility index (Phi) is 3.35. The van der Waals surface area contributed by atoms with E-state index in [1.54, 1.807) is 6.07 Å². The molecule has 0 radical (unpaired) electrons. The molecule has 1 aromatic carbocycles. The molecular formula is C10H11NO3S. The van der Waals surface area contributed by atoms with Gasteiger partial charge in [-0.15, -0.1) is 6.42 Å². The van der Waals surface area contributed by atoms with Gasteiger partial charge in [0, 0.05) is 7.05 Å². The van der Waals surface area contributed by atoms with Gasteiger partial charge in [-0.25, -0.2) is 8.42 Å². The van der Waals surface area contributed by atoms with Gasteiger partial charge in [-0.05, 0) is 12.1 Å². The maximum absolute atomic E-state index is 11.8. The quantitative estimate of drug-likeness (QED) is 0.768. The van der Waals surface area contributed by atoms with Gasteiger partial charge in [0.25, 0.3) is 0 Å². The normalized spacial score (nSPS) is 11.3. The first-order valence-corrected chi connectivity index (χ1v) is 5.62. The maximum atomic E-state index is 11.8. The van der Waals surface area contributed by atoms with Crippen molar-refractivity contribution in [1.82, 2.24) is 4.31 Å². The molecule has 15 heavy (non-hydrogen) atoms. The molecule has 0 aliphatic heterocycles. The topological polar surface area (TPSA) is 57.6 Å². The Morgan fingerprint density at radius 2 is 2.07 bits per heavy atom. The summed E-state index contributed by atoms with van der Waals surface area (Å²) in [5.74, 6) is 1.95. The van der Waals surface area contributed by atoms with Crippen LogP contribution >= 0.6 is 0 Å². The number of para-hydroxylation sites is 1. The Bertz CT molecular complexity index is 488. The summed E-state index contributed by atoms with van der Waals surface area (Å²) < 4.78 is 24.6. The minimum Gasteiger partial charge on any atom is -0.507 e. The number of rotatable bonds is 3. The van der Waals surface area contributed by atoms with E-state index in [0.29, 0.717) is 0 Å². The van der Waals surface area contributed by atoms with Crippen molar-refractivity contribution in [1.29, 1.82) is 0 Å². The fourth-order valence-corrected chi connectivity index (χ4v) is 2.22. The second-order valence-electron chi connectivity index (χ2n) is 2.93. The molecule has 1 N–H and O–H groups in total. The van der Waals surface area contributed by atoms with Crippen LogP contribution in [0.2, 0.25) is 0 Å². The summed E-state index contributed by atoms with van der Waals surface area (Å²) in [6.07, 6.45) is 5.02. The molecule has 1 rings (SSSR count). The average Bonchev–Trinajstić information content (AvgIpc) is 2.18. The van der Waals surface area contributed by atoms with Crippen LogP contribution in [0.4, 0.5) is 0 Å². The smallest absolute Gasteiger partial charge is 0.247 e. The van der Waals surface area contributed by atoms with Crippen molar-refractivity contribution in [3.8, 4) is 18.1 Å². The van der Waals surface area contributed by atoms with E-state index in [-0.39, 0.29) is 17.2 Å². The summed E-state index contributed by atoms with van der Waals surface area (Å²) in [7, 11) is -2.33. The lowest BCUT2D eigenvalue weighted by molar-refractivity contribution is 0.450. The summed E-state index contributed by atoms with van der Waals surface area (Å²) in [5, 5.41) is 9.41. The van der Waals surface area contributed by atoms with E-state index >= 15 is 0 Å². The predicted octanol–water partition coefficient (Wildman–Crippen LogP) is 0.646. The molecule has 5 heteroatoms. The standard InChI is InChI=1S/C10H11NO3S/c1-3-8-11(2)15(13,14)10-7-5-4-6-9(10)12/h1,4-7,12H,8H2,2H3. The molecule has 80 valence electrons. The van der Waals surface area contributed by atoms with E-state index < -0.39 is 10.0 Å². The molecule has 0 aliphatic carbocycles. The van der Waals surface area contributed by atoms with Crippen LogP contribution in [0, 0.1) is 12.3 Å². The van der Waals surface area contributed by atoms with Gasteiger partial charge >= 0.3 is 0 Å². The van der Waals surface area contributed by atoms with Crippen molar-refractivity contribution < 1.29 is 13.5 Å². The number of sulfonamides is 1. The SMILES string of the molecule is C#CCN(C)S(=O)(=O)c1ccccc1O. The molecular weight excluding hydrogens is 214 g/mol. The van der Waals surface area contributed by atoms with E-state index in [0.717, 1.165) is 4.31 Å². The second kappa shape index (κ2) is 4.34.